The summed E-state index contributed by atoms with van der Waals surface area (Å²) in [5, 5.41) is 0. The van der Waals surface area contributed by atoms with Crippen LogP contribution in [-0.2, 0) is 0 Å². The largest absolute Gasteiger partial charge is 0.386 e. The van der Waals surface area contributed by atoms with Crippen LogP contribution < -0.4 is 5.73 Å². The van der Waals surface area contributed by atoms with Gasteiger partial charge in [0.25, 0.3) is 0 Å². The fourth-order valence-electron chi connectivity index (χ4n) is 1.34. The van der Waals surface area contributed by atoms with Crippen molar-refractivity contribution in [3.8, 4) is 11.4 Å². The van der Waals surface area contributed by atoms with Crippen molar-refractivity contribution in [1.82, 2.24) is 9.97 Å². The molecule has 0 aliphatic heterocycles. The lowest BCUT2D eigenvalue weighted by Crippen LogP contribution is -2.12. The Balaban J connectivity index is 2.34. The first-order valence-corrected chi connectivity index (χ1v) is 5.32. The topological polar surface area (TPSA) is 67.1 Å². The average Bonchev–Trinajstić information content (AvgIpc) is 2.83. The van der Waals surface area contributed by atoms with Gasteiger partial charge in [-0.3, -0.25) is 0 Å². The molecule has 1 aromatic carbocycles. The van der Waals surface area contributed by atoms with Gasteiger partial charge in [0.1, 0.15) is 11.7 Å². The van der Waals surface area contributed by atoms with Crippen molar-refractivity contribution < 1.29 is 0 Å². The molecule has 0 bridgehead atoms. The van der Waals surface area contributed by atoms with Gasteiger partial charge in [0.05, 0.1) is 11.6 Å². The van der Waals surface area contributed by atoms with E-state index in [0.717, 1.165) is 17.1 Å². The van der Waals surface area contributed by atoms with E-state index >= 15 is 0 Å². The summed E-state index contributed by atoms with van der Waals surface area (Å²) in [5.41, 5.74) is 7.31. The Morgan fingerprint density at radius 1 is 1.50 bits per heavy atom. The Hall–Kier alpha value is -1.81. The van der Waals surface area contributed by atoms with E-state index in [-0.39, 0.29) is 5.88 Å². The molecule has 0 radical (unpaired) electrons. The number of H-pyrrole nitrogens is 1. The van der Waals surface area contributed by atoms with Gasteiger partial charge >= 0.3 is 0 Å². The maximum Gasteiger partial charge on any atom is 0.137 e. The SMILES string of the molecule is NC(CCl)=Nc1cccc(-c2ncc[nH]2)c1. The number of imidazole rings is 1. The standard InChI is InChI=1S/C11H11ClN4/c12-7-10(13)16-9-3-1-2-8(6-9)11-14-4-5-15-11/h1-6H,7H2,(H2,13,16)(H,14,15). The number of halogens is 1. The average molecular weight is 235 g/mol. The Kier molecular flexibility index (Phi) is 3.22. The number of amidine groups is 1. The van der Waals surface area contributed by atoms with Gasteiger partial charge in [0.2, 0.25) is 0 Å². The molecular weight excluding hydrogens is 224 g/mol. The van der Waals surface area contributed by atoms with Crippen molar-refractivity contribution in [1.29, 1.82) is 0 Å². The van der Waals surface area contributed by atoms with Crippen LogP contribution in [0.25, 0.3) is 11.4 Å². The maximum atomic E-state index is 5.57. The van der Waals surface area contributed by atoms with Crippen LogP contribution >= 0.6 is 11.6 Å². The zero-order valence-corrected chi connectivity index (χ0v) is 9.28. The molecule has 0 spiro atoms. The van der Waals surface area contributed by atoms with Crippen molar-refractivity contribution in [2.45, 2.75) is 0 Å². The number of rotatable bonds is 3. The van der Waals surface area contributed by atoms with Crippen molar-refractivity contribution >= 4 is 23.1 Å². The van der Waals surface area contributed by atoms with E-state index in [4.69, 9.17) is 17.3 Å². The number of aromatic nitrogens is 2. The van der Waals surface area contributed by atoms with Crippen LogP contribution in [0.3, 0.4) is 0 Å². The molecule has 0 amide bonds. The van der Waals surface area contributed by atoms with Crippen LogP contribution in [0.1, 0.15) is 0 Å². The molecule has 16 heavy (non-hydrogen) atoms. The van der Waals surface area contributed by atoms with E-state index in [1.165, 1.54) is 0 Å². The zero-order chi connectivity index (χ0) is 11.4. The molecule has 82 valence electrons. The van der Waals surface area contributed by atoms with E-state index in [9.17, 15) is 0 Å². The summed E-state index contributed by atoms with van der Waals surface area (Å²) in [7, 11) is 0. The van der Waals surface area contributed by atoms with Crippen LogP contribution in [0.2, 0.25) is 0 Å². The molecule has 0 saturated carbocycles. The predicted octanol–water partition coefficient (Wildman–Crippen LogP) is 2.30. The maximum absolute atomic E-state index is 5.57. The minimum absolute atomic E-state index is 0.227. The molecule has 2 aromatic rings. The number of hydrogen-bond donors (Lipinski definition) is 2. The number of alkyl halides is 1. The second-order valence-electron chi connectivity index (χ2n) is 3.22. The first kappa shape index (κ1) is 10.7. The summed E-state index contributed by atoms with van der Waals surface area (Å²) in [6, 6.07) is 7.62. The minimum Gasteiger partial charge on any atom is -0.386 e. The highest BCUT2D eigenvalue weighted by Gasteiger charge is 2.00. The van der Waals surface area contributed by atoms with Gasteiger partial charge in [-0.25, -0.2) is 9.98 Å². The highest BCUT2D eigenvalue weighted by Crippen LogP contribution is 2.20. The van der Waals surface area contributed by atoms with Gasteiger partial charge in [-0.05, 0) is 12.1 Å². The van der Waals surface area contributed by atoms with Gasteiger partial charge in [-0.1, -0.05) is 12.1 Å². The van der Waals surface area contributed by atoms with E-state index < -0.39 is 0 Å². The summed E-state index contributed by atoms with van der Waals surface area (Å²) >= 11 is 5.57. The molecule has 0 saturated heterocycles. The van der Waals surface area contributed by atoms with Gasteiger partial charge in [-0.15, -0.1) is 11.6 Å². The Morgan fingerprint density at radius 2 is 2.38 bits per heavy atom. The number of aliphatic imine (C=N–C) groups is 1. The van der Waals surface area contributed by atoms with Crippen LogP contribution in [0.15, 0.2) is 41.7 Å². The smallest absolute Gasteiger partial charge is 0.137 e. The summed E-state index contributed by atoms with van der Waals surface area (Å²) < 4.78 is 0. The van der Waals surface area contributed by atoms with E-state index in [0.29, 0.717) is 5.84 Å². The molecular formula is C11H11ClN4. The van der Waals surface area contributed by atoms with Gasteiger partial charge in [0, 0.05) is 18.0 Å². The molecule has 3 N–H and O–H groups in total. The minimum atomic E-state index is 0.227. The second kappa shape index (κ2) is 4.81. The molecule has 1 aromatic heterocycles. The third kappa shape index (κ3) is 2.41. The molecule has 5 heteroatoms. The Morgan fingerprint density at radius 3 is 3.06 bits per heavy atom. The van der Waals surface area contributed by atoms with Crippen LogP contribution in [0.4, 0.5) is 5.69 Å². The molecule has 1 heterocycles. The highest BCUT2D eigenvalue weighted by atomic mass is 35.5. The Bertz CT molecular complexity index is 490. The van der Waals surface area contributed by atoms with Gasteiger partial charge in [-0.2, -0.15) is 0 Å². The summed E-state index contributed by atoms with van der Waals surface area (Å²) in [5.74, 6) is 1.44. The quantitative estimate of drug-likeness (QED) is 0.486. The van der Waals surface area contributed by atoms with Crippen molar-refractivity contribution in [3.05, 3.63) is 36.7 Å². The Labute approximate surface area is 98.2 Å². The molecule has 0 aliphatic carbocycles. The summed E-state index contributed by atoms with van der Waals surface area (Å²) in [6.45, 7) is 0. The van der Waals surface area contributed by atoms with Crippen molar-refractivity contribution in [3.63, 3.8) is 0 Å². The van der Waals surface area contributed by atoms with Crippen molar-refractivity contribution in [2.24, 2.45) is 10.7 Å². The number of benzene rings is 1. The number of hydrogen-bond acceptors (Lipinski definition) is 2. The number of aromatic amines is 1. The lowest BCUT2D eigenvalue weighted by Gasteiger charge is -2.00. The number of nitrogens with two attached hydrogens (primary N) is 1. The molecule has 0 fully saturated rings. The first-order valence-electron chi connectivity index (χ1n) is 4.78. The normalized spacial score (nSPS) is 11.7. The second-order valence-corrected chi connectivity index (χ2v) is 3.49. The zero-order valence-electron chi connectivity index (χ0n) is 8.52. The lowest BCUT2D eigenvalue weighted by atomic mass is 10.2. The number of nitrogens with one attached hydrogen (secondary N) is 1. The fraction of sp³-hybridized carbons (Fsp3) is 0.0909. The molecule has 0 unspecified atom stereocenters. The van der Waals surface area contributed by atoms with E-state index in [2.05, 4.69) is 15.0 Å². The molecule has 0 atom stereocenters. The van der Waals surface area contributed by atoms with E-state index in [1.54, 1.807) is 12.4 Å². The van der Waals surface area contributed by atoms with Crippen LogP contribution in [-0.4, -0.2) is 21.7 Å². The van der Waals surface area contributed by atoms with Gasteiger partial charge < -0.3 is 10.7 Å². The molecule has 2 rings (SSSR count). The van der Waals surface area contributed by atoms with Crippen molar-refractivity contribution in [2.75, 3.05) is 5.88 Å². The molecule has 0 aliphatic rings. The first-order chi connectivity index (χ1) is 7.79. The van der Waals surface area contributed by atoms with E-state index in [1.807, 2.05) is 24.3 Å². The molecule has 4 nitrogen and oxygen atoms in total. The lowest BCUT2D eigenvalue weighted by molar-refractivity contribution is 1.31. The monoisotopic (exact) mass is 234 g/mol. The third-order valence-corrected chi connectivity index (χ3v) is 2.30. The third-order valence-electron chi connectivity index (χ3n) is 2.03. The number of nitrogens with zero attached hydrogens (tertiary/aromatic N) is 2. The summed E-state index contributed by atoms with van der Waals surface area (Å²) in [6.07, 6.45) is 3.48. The summed E-state index contributed by atoms with van der Waals surface area (Å²) in [4.78, 5) is 11.4. The highest BCUT2D eigenvalue weighted by molar-refractivity contribution is 6.28. The predicted molar refractivity (Wildman–Crippen MR) is 66.0 cm³/mol. The van der Waals surface area contributed by atoms with Gasteiger partial charge in [0.15, 0.2) is 0 Å². The van der Waals surface area contributed by atoms with Crippen LogP contribution in [0.5, 0.6) is 0 Å². The fourth-order valence-corrected chi connectivity index (χ4v) is 1.40. The van der Waals surface area contributed by atoms with Crippen LogP contribution in [0, 0.1) is 0 Å².